The molecule has 1 rings (SSSR count). The van der Waals surface area contributed by atoms with Crippen LogP contribution in [-0.4, -0.2) is 5.71 Å². The van der Waals surface area contributed by atoms with Crippen LogP contribution in [0.4, 0.5) is 0 Å². The fourth-order valence-electron chi connectivity index (χ4n) is 0.824. The van der Waals surface area contributed by atoms with Crippen LogP contribution in [0.5, 0.6) is 0 Å². The molecule has 0 fully saturated rings. The Hall–Kier alpha value is -0.830. The van der Waals surface area contributed by atoms with E-state index in [0.717, 1.165) is 15.7 Å². The van der Waals surface area contributed by atoms with Gasteiger partial charge in [0.05, 0.1) is 5.71 Å². The Morgan fingerprint density at radius 1 is 1.45 bits per heavy atom. The van der Waals surface area contributed by atoms with Crippen molar-refractivity contribution >= 4 is 21.6 Å². The van der Waals surface area contributed by atoms with E-state index >= 15 is 0 Å². The molecule has 0 aliphatic heterocycles. The van der Waals surface area contributed by atoms with Gasteiger partial charge in [0.2, 0.25) is 0 Å². The lowest BCUT2D eigenvalue weighted by atomic mass is 10.1. The third kappa shape index (κ3) is 1.80. The maximum atomic E-state index is 5.14. The van der Waals surface area contributed by atoms with Crippen molar-refractivity contribution in [3.8, 4) is 0 Å². The van der Waals surface area contributed by atoms with Crippen LogP contribution in [0.25, 0.3) is 0 Å². The molecule has 0 aliphatic carbocycles. The first-order valence-electron chi connectivity index (χ1n) is 3.25. The Morgan fingerprint density at radius 3 is 2.64 bits per heavy atom. The zero-order valence-electron chi connectivity index (χ0n) is 6.21. The summed E-state index contributed by atoms with van der Waals surface area (Å²) in [4.78, 5) is 0. The number of nitrogens with zero attached hydrogens (tertiary/aromatic N) is 1. The molecule has 0 heterocycles. The number of hydrazone groups is 1. The van der Waals surface area contributed by atoms with Gasteiger partial charge in [0.25, 0.3) is 0 Å². The summed E-state index contributed by atoms with van der Waals surface area (Å²) < 4.78 is 1.02. The van der Waals surface area contributed by atoms with Crippen molar-refractivity contribution in [3.05, 3.63) is 34.3 Å². The Bertz CT molecular complexity index is 281. The summed E-state index contributed by atoms with van der Waals surface area (Å²) in [5.74, 6) is 5.14. The van der Waals surface area contributed by atoms with Gasteiger partial charge in [0.15, 0.2) is 0 Å². The highest BCUT2D eigenvalue weighted by Crippen LogP contribution is 2.15. The molecule has 58 valence electrons. The molecular weight excluding hydrogens is 204 g/mol. The number of halogens is 1. The van der Waals surface area contributed by atoms with E-state index in [1.165, 1.54) is 0 Å². The Balaban J connectivity index is 3.14. The minimum atomic E-state index is 0.831. The van der Waals surface area contributed by atoms with Gasteiger partial charge >= 0.3 is 0 Å². The largest absolute Gasteiger partial charge is 0.323 e. The minimum Gasteiger partial charge on any atom is -0.323 e. The van der Waals surface area contributed by atoms with Crippen LogP contribution in [-0.2, 0) is 0 Å². The number of hydrogen-bond donors (Lipinski definition) is 1. The van der Waals surface area contributed by atoms with Crippen molar-refractivity contribution in [3.63, 3.8) is 0 Å². The Morgan fingerprint density at radius 2 is 2.09 bits per heavy atom. The molecule has 0 unspecified atom stereocenters. The second kappa shape index (κ2) is 3.53. The van der Waals surface area contributed by atoms with Crippen LogP contribution in [0.1, 0.15) is 12.5 Å². The molecule has 0 spiro atoms. The Kier molecular flexibility index (Phi) is 2.65. The molecule has 0 aromatic heterocycles. The molecule has 3 heteroatoms. The zero-order chi connectivity index (χ0) is 8.27. The fraction of sp³-hybridized carbons (Fsp3) is 0.125. The van der Waals surface area contributed by atoms with Crippen molar-refractivity contribution in [2.24, 2.45) is 10.9 Å². The highest BCUT2D eigenvalue weighted by atomic mass is 79.9. The third-order valence-corrected chi connectivity index (χ3v) is 2.15. The smallest absolute Gasteiger partial charge is 0.0653 e. The van der Waals surface area contributed by atoms with Gasteiger partial charge in [-0.2, -0.15) is 5.10 Å². The minimum absolute atomic E-state index is 0.831. The molecule has 0 aliphatic rings. The maximum absolute atomic E-state index is 5.14. The summed E-state index contributed by atoms with van der Waals surface area (Å²) in [5, 5.41) is 3.61. The van der Waals surface area contributed by atoms with E-state index in [9.17, 15) is 0 Å². The van der Waals surface area contributed by atoms with Crippen molar-refractivity contribution < 1.29 is 0 Å². The quantitative estimate of drug-likeness (QED) is 0.433. The molecule has 0 bridgehead atoms. The second-order valence-corrected chi connectivity index (χ2v) is 3.05. The van der Waals surface area contributed by atoms with Crippen molar-refractivity contribution in [2.75, 3.05) is 0 Å². The van der Waals surface area contributed by atoms with Gasteiger partial charge in [-0.15, -0.1) is 0 Å². The topological polar surface area (TPSA) is 38.4 Å². The van der Waals surface area contributed by atoms with Crippen LogP contribution >= 0.6 is 15.9 Å². The van der Waals surface area contributed by atoms with Gasteiger partial charge in [-0.1, -0.05) is 34.1 Å². The first-order chi connectivity index (χ1) is 5.25. The predicted molar refractivity (Wildman–Crippen MR) is 50.5 cm³/mol. The molecular formula is C8H9BrN2. The van der Waals surface area contributed by atoms with E-state index in [1.54, 1.807) is 0 Å². The summed E-state index contributed by atoms with van der Waals surface area (Å²) in [5.41, 5.74) is 1.87. The van der Waals surface area contributed by atoms with Crippen LogP contribution < -0.4 is 5.84 Å². The lowest BCUT2D eigenvalue weighted by Gasteiger charge is -2.00. The SMILES string of the molecule is C/C(=N\N)c1ccccc1Br. The van der Waals surface area contributed by atoms with E-state index in [0.29, 0.717) is 0 Å². The highest BCUT2D eigenvalue weighted by molar-refractivity contribution is 9.10. The van der Waals surface area contributed by atoms with Crippen molar-refractivity contribution in [1.82, 2.24) is 0 Å². The summed E-state index contributed by atoms with van der Waals surface area (Å²) in [6.07, 6.45) is 0. The summed E-state index contributed by atoms with van der Waals surface area (Å²) >= 11 is 3.40. The molecule has 0 amide bonds. The van der Waals surface area contributed by atoms with Crippen LogP contribution in [0.2, 0.25) is 0 Å². The molecule has 2 nitrogen and oxygen atoms in total. The molecule has 0 atom stereocenters. The van der Waals surface area contributed by atoms with Crippen molar-refractivity contribution in [1.29, 1.82) is 0 Å². The lowest BCUT2D eigenvalue weighted by molar-refractivity contribution is 1.23. The van der Waals surface area contributed by atoms with E-state index in [4.69, 9.17) is 5.84 Å². The van der Waals surface area contributed by atoms with Gasteiger partial charge in [-0.25, -0.2) is 0 Å². The normalized spacial score (nSPS) is 11.6. The predicted octanol–water partition coefficient (Wildman–Crippen LogP) is 2.13. The Labute approximate surface area is 74.2 Å². The fourth-order valence-corrected chi connectivity index (χ4v) is 1.40. The average Bonchev–Trinajstić information content (AvgIpc) is 2.04. The summed E-state index contributed by atoms with van der Waals surface area (Å²) in [7, 11) is 0. The monoisotopic (exact) mass is 212 g/mol. The first-order valence-corrected chi connectivity index (χ1v) is 4.04. The third-order valence-electron chi connectivity index (χ3n) is 1.46. The van der Waals surface area contributed by atoms with Gasteiger partial charge in [0.1, 0.15) is 0 Å². The van der Waals surface area contributed by atoms with Crippen LogP contribution in [0.15, 0.2) is 33.8 Å². The average molecular weight is 213 g/mol. The molecule has 1 aromatic rings. The molecule has 11 heavy (non-hydrogen) atoms. The number of hydrogen-bond acceptors (Lipinski definition) is 2. The zero-order valence-corrected chi connectivity index (χ0v) is 7.80. The van der Waals surface area contributed by atoms with Crippen molar-refractivity contribution in [2.45, 2.75) is 6.92 Å². The number of benzene rings is 1. The molecule has 0 saturated heterocycles. The molecule has 2 N–H and O–H groups in total. The molecule has 0 radical (unpaired) electrons. The van der Waals surface area contributed by atoms with Gasteiger partial charge in [0, 0.05) is 10.0 Å². The lowest BCUT2D eigenvalue weighted by Crippen LogP contribution is -1.98. The van der Waals surface area contributed by atoms with Crippen LogP contribution in [0, 0.1) is 0 Å². The number of rotatable bonds is 1. The van der Waals surface area contributed by atoms with E-state index in [2.05, 4.69) is 21.0 Å². The van der Waals surface area contributed by atoms with E-state index in [-0.39, 0.29) is 0 Å². The van der Waals surface area contributed by atoms with Gasteiger partial charge in [-0.3, -0.25) is 0 Å². The maximum Gasteiger partial charge on any atom is 0.0653 e. The first kappa shape index (κ1) is 8.27. The summed E-state index contributed by atoms with van der Waals surface area (Å²) in [6.45, 7) is 1.88. The molecule has 1 aromatic carbocycles. The highest BCUT2D eigenvalue weighted by Gasteiger charge is 1.99. The van der Waals surface area contributed by atoms with Crippen LogP contribution in [0.3, 0.4) is 0 Å². The second-order valence-electron chi connectivity index (χ2n) is 2.19. The van der Waals surface area contributed by atoms with Gasteiger partial charge in [-0.05, 0) is 13.0 Å². The van der Waals surface area contributed by atoms with E-state index < -0.39 is 0 Å². The van der Waals surface area contributed by atoms with E-state index in [1.807, 2.05) is 31.2 Å². The molecule has 0 saturated carbocycles. The summed E-state index contributed by atoms with van der Waals surface area (Å²) in [6, 6.07) is 7.84. The van der Waals surface area contributed by atoms with Gasteiger partial charge < -0.3 is 5.84 Å². The number of nitrogens with two attached hydrogens (primary N) is 1. The standard InChI is InChI=1S/C8H9BrN2/c1-6(11-10)7-4-2-3-5-8(7)9/h2-5H,10H2,1H3/b11-6+.